The molecule has 0 amide bonds. The fourth-order valence-corrected chi connectivity index (χ4v) is 1.94. The van der Waals surface area contributed by atoms with E-state index in [1.807, 2.05) is 31.2 Å². The minimum Gasteiger partial charge on any atom is -0.497 e. The minimum atomic E-state index is -0.596. The first-order chi connectivity index (χ1) is 9.60. The summed E-state index contributed by atoms with van der Waals surface area (Å²) < 4.78 is 11.0. The van der Waals surface area contributed by atoms with E-state index < -0.39 is 6.10 Å². The number of aliphatic hydroxyl groups excluding tert-OH is 1. The maximum atomic E-state index is 9.77. The van der Waals surface area contributed by atoms with Gasteiger partial charge in [-0.3, -0.25) is 4.98 Å². The Bertz CT molecular complexity index is 582. The molecular weight excluding hydrogens is 254 g/mol. The molecule has 0 saturated heterocycles. The van der Waals surface area contributed by atoms with Crippen molar-refractivity contribution in [1.82, 2.24) is 4.98 Å². The van der Waals surface area contributed by atoms with Gasteiger partial charge in [0.05, 0.1) is 18.9 Å². The van der Waals surface area contributed by atoms with Crippen LogP contribution in [-0.4, -0.2) is 17.2 Å². The van der Waals surface area contributed by atoms with Crippen LogP contribution in [0.4, 0.5) is 0 Å². The topological polar surface area (TPSA) is 51.6 Å². The van der Waals surface area contributed by atoms with Gasteiger partial charge in [-0.1, -0.05) is 6.07 Å². The molecule has 1 N–H and O–H groups in total. The number of aliphatic hydroxyl groups is 1. The number of rotatable bonds is 5. The normalized spacial score (nSPS) is 12.0. The molecule has 2 aromatic rings. The van der Waals surface area contributed by atoms with Crippen LogP contribution in [0, 0.1) is 6.92 Å². The molecule has 0 saturated carbocycles. The fraction of sp³-hybridized carbons (Fsp3) is 0.312. The Balaban J connectivity index is 2.19. The largest absolute Gasteiger partial charge is 0.497 e. The molecule has 0 fully saturated rings. The van der Waals surface area contributed by atoms with Gasteiger partial charge in [0.2, 0.25) is 0 Å². The molecule has 1 aromatic carbocycles. The first-order valence-corrected chi connectivity index (χ1v) is 6.51. The van der Waals surface area contributed by atoms with Crippen LogP contribution < -0.4 is 9.47 Å². The second-order valence-electron chi connectivity index (χ2n) is 4.64. The third-order valence-corrected chi connectivity index (χ3v) is 2.99. The zero-order chi connectivity index (χ0) is 14.5. The first kappa shape index (κ1) is 14.3. The van der Waals surface area contributed by atoms with E-state index in [1.54, 1.807) is 26.2 Å². The summed E-state index contributed by atoms with van der Waals surface area (Å²) in [5.41, 5.74) is 2.54. The maximum Gasteiger partial charge on any atom is 0.130 e. The average Bonchev–Trinajstić information content (AvgIpc) is 2.44. The number of methoxy groups -OCH3 is 1. The zero-order valence-electron chi connectivity index (χ0n) is 12.0. The van der Waals surface area contributed by atoms with Crippen LogP contribution in [0.2, 0.25) is 0 Å². The van der Waals surface area contributed by atoms with Gasteiger partial charge >= 0.3 is 0 Å². The van der Waals surface area contributed by atoms with Crippen LogP contribution in [0.25, 0.3) is 0 Å². The molecule has 0 bridgehead atoms. The Kier molecular flexibility index (Phi) is 4.58. The van der Waals surface area contributed by atoms with Gasteiger partial charge in [0.1, 0.15) is 18.1 Å². The highest BCUT2D eigenvalue weighted by Crippen LogP contribution is 2.30. The molecule has 0 radical (unpaired) electrons. The second-order valence-corrected chi connectivity index (χ2v) is 4.64. The highest BCUT2D eigenvalue weighted by Gasteiger charge is 2.11. The van der Waals surface area contributed by atoms with Crippen LogP contribution in [0.15, 0.2) is 36.4 Å². The summed E-state index contributed by atoms with van der Waals surface area (Å²) in [4.78, 5) is 4.39. The number of aromatic nitrogens is 1. The summed E-state index contributed by atoms with van der Waals surface area (Å²) >= 11 is 0. The summed E-state index contributed by atoms with van der Waals surface area (Å²) in [6, 6.07) is 11.2. The number of aryl methyl sites for hydroxylation is 1. The summed E-state index contributed by atoms with van der Waals surface area (Å²) in [6.45, 7) is 4.00. The lowest BCUT2D eigenvalue weighted by Gasteiger charge is -2.14. The Morgan fingerprint density at radius 3 is 2.70 bits per heavy atom. The third-order valence-electron chi connectivity index (χ3n) is 2.99. The predicted molar refractivity (Wildman–Crippen MR) is 76.9 cm³/mol. The van der Waals surface area contributed by atoms with Gasteiger partial charge in [-0.15, -0.1) is 0 Å². The van der Waals surface area contributed by atoms with E-state index in [0.717, 1.165) is 17.0 Å². The van der Waals surface area contributed by atoms with E-state index in [2.05, 4.69) is 4.98 Å². The van der Waals surface area contributed by atoms with Gasteiger partial charge in [0.25, 0.3) is 0 Å². The Hall–Kier alpha value is -2.07. The first-order valence-electron chi connectivity index (χ1n) is 6.51. The average molecular weight is 273 g/mol. The number of hydrogen-bond donors (Lipinski definition) is 1. The van der Waals surface area contributed by atoms with Crippen molar-refractivity contribution in [3.05, 3.63) is 53.3 Å². The summed E-state index contributed by atoms with van der Waals surface area (Å²) in [7, 11) is 1.60. The van der Waals surface area contributed by atoms with Gasteiger partial charge in [-0.05, 0) is 38.1 Å². The summed E-state index contributed by atoms with van der Waals surface area (Å²) in [5.74, 6) is 1.31. The molecular formula is C16H19NO3. The van der Waals surface area contributed by atoms with Crippen LogP contribution in [0.1, 0.15) is 30.0 Å². The van der Waals surface area contributed by atoms with Gasteiger partial charge in [-0.25, -0.2) is 0 Å². The number of hydrogen-bond acceptors (Lipinski definition) is 4. The fourth-order valence-electron chi connectivity index (χ4n) is 1.94. The van der Waals surface area contributed by atoms with Crippen molar-refractivity contribution in [1.29, 1.82) is 0 Å². The van der Waals surface area contributed by atoms with Gasteiger partial charge in [0, 0.05) is 17.3 Å². The van der Waals surface area contributed by atoms with Crippen LogP contribution in [0.5, 0.6) is 11.5 Å². The van der Waals surface area contributed by atoms with E-state index >= 15 is 0 Å². The Labute approximate surface area is 119 Å². The lowest BCUT2D eigenvalue weighted by Crippen LogP contribution is -2.03. The Morgan fingerprint density at radius 2 is 2.05 bits per heavy atom. The molecule has 2 rings (SSSR count). The number of pyridine rings is 1. The smallest absolute Gasteiger partial charge is 0.130 e. The number of benzene rings is 1. The number of ether oxygens (including phenoxy) is 2. The van der Waals surface area contributed by atoms with Crippen molar-refractivity contribution in [3.63, 3.8) is 0 Å². The van der Waals surface area contributed by atoms with Crippen molar-refractivity contribution in [2.45, 2.75) is 26.6 Å². The van der Waals surface area contributed by atoms with Gasteiger partial charge < -0.3 is 14.6 Å². The molecule has 0 unspecified atom stereocenters. The molecule has 20 heavy (non-hydrogen) atoms. The standard InChI is InChI=1S/C16H19NO3/c1-11-5-4-6-13(17-11)10-20-16-9-14(19-3)7-8-15(16)12(2)18/h4-9,12,18H,10H2,1-3H3/t12-/m0/s1. The van der Waals surface area contributed by atoms with Gasteiger partial charge in [0.15, 0.2) is 0 Å². The minimum absolute atomic E-state index is 0.356. The molecule has 0 aliphatic carbocycles. The SMILES string of the molecule is COc1ccc([C@H](C)O)c(OCc2cccc(C)n2)c1. The van der Waals surface area contributed by atoms with E-state index in [0.29, 0.717) is 18.1 Å². The molecule has 4 nitrogen and oxygen atoms in total. The quantitative estimate of drug-likeness (QED) is 0.909. The van der Waals surface area contributed by atoms with Crippen LogP contribution >= 0.6 is 0 Å². The summed E-state index contributed by atoms with van der Waals surface area (Å²) in [5, 5.41) is 9.77. The molecule has 0 aliphatic heterocycles. The van der Waals surface area contributed by atoms with Gasteiger partial charge in [-0.2, -0.15) is 0 Å². The van der Waals surface area contributed by atoms with Crippen molar-refractivity contribution in [2.24, 2.45) is 0 Å². The second kappa shape index (κ2) is 6.39. The van der Waals surface area contributed by atoms with Crippen molar-refractivity contribution in [3.8, 4) is 11.5 Å². The van der Waals surface area contributed by atoms with Crippen molar-refractivity contribution >= 4 is 0 Å². The highest BCUT2D eigenvalue weighted by atomic mass is 16.5. The van der Waals surface area contributed by atoms with E-state index in [9.17, 15) is 5.11 Å². The maximum absolute atomic E-state index is 9.77. The highest BCUT2D eigenvalue weighted by molar-refractivity contribution is 5.41. The molecule has 0 aliphatic rings. The molecule has 106 valence electrons. The third kappa shape index (κ3) is 3.48. The van der Waals surface area contributed by atoms with Crippen molar-refractivity contribution < 1.29 is 14.6 Å². The van der Waals surface area contributed by atoms with E-state index in [-0.39, 0.29) is 0 Å². The number of nitrogens with zero attached hydrogens (tertiary/aromatic N) is 1. The van der Waals surface area contributed by atoms with Crippen molar-refractivity contribution in [2.75, 3.05) is 7.11 Å². The lowest BCUT2D eigenvalue weighted by atomic mass is 10.1. The monoisotopic (exact) mass is 273 g/mol. The molecule has 1 atom stereocenters. The van der Waals surface area contributed by atoms with E-state index in [1.165, 1.54) is 0 Å². The molecule has 1 aromatic heterocycles. The van der Waals surface area contributed by atoms with Crippen LogP contribution in [0.3, 0.4) is 0 Å². The summed E-state index contributed by atoms with van der Waals surface area (Å²) in [6.07, 6.45) is -0.596. The molecule has 1 heterocycles. The molecule has 0 spiro atoms. The Morgan fingerprint density at radius 1 is 1.25 bits per heavy atom. The van der Waals surface area contributed by atoms with Crippen LogP contribution in [-0.2, 0) is 6.61 Å². The lowest BCUT2D eigenvalue weighted by molar-refractivity contribution is 0.189. The predicted octanol–water partition coefficient (Wildman–Crippen LogP) is 3.03. The molecule has 4 heteroatoms. The van der Waals surface area contributed by atoms with E-state index in [4.69, 9.17) is 9.47 Å². The zero-order valence-corrected chi connectivity index (χ0v) is 12.0.